The molecule has 6 nitrogen and oxygen atoms in total. The van der Waals surface area contributed by atoms with Crippen LogP contribution >= 0.6 is 0 Å². The maximum absolute atomic E-state index is 12.2. The van der Waals surface area contributed by atoms with Gasteiger partial charge in [0.15, 0.2) is 0 Å². The Bertz CT molecular complexity index is 824. The molecule has 1 aliphatic carbocycles. The average Bonchev–Trinajstić information content (AvgIpc) is 3.42. The second-order valence-electron chi connectivity index (χ2n) is 8.29. The third kappa shape index (κ3) is 5.46. The summed E-state index contributed by atoms with van der Waals surface area (Å²) in [7, 11) is 0. The van der Waals surface area contributed by atoms with Crippen LogP contribution in [0.15, 0.2) is 30.3 Å². The number of anilines is 4. The normalized spacial score (nSPS) is 16.9. The van der Waals surface area contributed by atoms with Crippen LogP contribution in [-0.4, -0.2) is 29.0 Å². The summed E-state index contributed by atoms with van der Waals surface area (Å²) in [6, 6.07) is 9.83. The molecular weight excluding hydrogens is 362 g/mol. The van der Waals surface area contributed by atoms with Gasteiger partial charge in [0.25, 0.3) is 0 Å². The predicted octanol–water partition coefficient (Wildman–Crippen LogP) is 5.04. The minimum atomic E-state index is 0.110. The van der Waals surface area contributed by atoms with Gasteiger partial charge in [-0.3, -0.25) is 4.79 Å². The Labute approximate surface area is 173 Å². The van der Waals surface area contributed by atoms with Gasteiger partial charge < -0.3 is 15.5 Å². The Kier molecular flexibility index (Phi) is 6.27. The molecular formula is C23H31N5O. The Morgan fingerprint density at radius 1 is 1.03 bits per heavy atom. The van der Waals surface area contributed by atoms with E-state index in [1.54, 1.807) is 0 Å². The molecule has 4 rings (SSSR count). The molecule has 2 fully saturated rings. The van der Waals surface area contributed by atoms with Crippen molar-refractivity contribution in [2.75, 3.05) is 28.6 Å². The van der Waals surface area contributed by atoms with Crippen molar-refractivity contribution in [3.8, 4) is 0 Å². The molecule has 1 saturated heterocycles. The van der Waals surface area contributed by atoms with Crippen molar-refractivity contribution in [2.24, 2.45) is 5.92 Å². The number of hydrogen-bond donors (Lipinski definition) is 2. The van der Waals surface area contributed by atoms with E-state index in [2.05, 4.69) is 25.5 Å². The van der Waals surface area contributed by atoms with Crippen LogP contribution in [0.5, 0.6) is 0 Å². The van der Waals surface area contributed by atoms with Gasteiger partial charge in [0.2, 0.25) is 5.91 Å². The Morgan fingerprint density at radius 3 is 2.45 bits per heavy atom. The molecule has 0 spiro atoms. The maximum Gasteiger partial charge on any atom is 0.224 e. The van der Waals surface area contributed by atoms with Crippen molar-refractivity contribution < 1.29 is 4.79 Å². The highest BCUT2D eigenvalue weighted by Gasteiger charge is 2.17. The summed E-state index contributed by atoms with van der Waals surface area (Å²) in [4.78, 5) is 23.6. The van der Waals surface area contributed by atoms with Crippen molar-refractivity contribution >= 4 is 28.9 Å². The zero-order valence-electron chi connectivity index (χ0n) is 17.3. The molecule has 1 amide bonds. The molecule has 1 aliphatic heterocycles. The molecule has 2 aliphatic rings. The fourth-order valence-electron chi connectivity index (χ4n) is 4.37. The maximum atomic E-state index is 12.2. The predicted molar refractivity (Wildman–Crippen MR) is 118 cm³/mol. The molecule has 0 radical (unpaired) electrons. The topological polar surface area (TPSA) is 70.2 Å². The van der Waals surface area contributed by atoms with Gasteiger partial charge in [0, 0.05) is 37.0 Å². The standard InChI is InChI=1S/C23H31N5O/c1-17-24-21(16-22(25-17)28-14-4-5-15-28)26-19-9-11-20(12-10-19)27-23(29)13-8-18-6-2-3-7-18/h9-12,16,18H,2-8,13-15H2,1H3,(H,27,29)(H,24,25,26). The molecule has 0 atom stereocenters. The number of carbonyl (C=O) groups is 1. The van der Waals surface area contributed by atoms with Gasteiger partial charge in [-0.15, -0.1) is 0 Å². The van der Waals surface area contributed by atoms with Crippen molar-refractivity contribution in [1.82, 2.24) is 9.97 Å². The van der Waals surface area contributed by atoms with E-state index >= 15 is 0 Å². The van der Waals surface area contributed by atoms with Gasteiger partial charge in [-0.05, 0) is 56.4 Å². The molecule has 154 valence electrons. The first-order valence-electron chi connectivity index (χ1n) is 10.9. The summed E-state index contributed by atoms with van der Waals surface area (Å²) in [6.07, 6.45) is 9.30. The Morgan fingerprint density at radius 2 is 1.72 bits per heavy atom. The fraction of sp³-hybridized carbons (Fsp3) is 0.522. The number of benzene rings is 1. The number of nitrogens with one attached hydrogen (secondary N) is 2. The number of carbonyl (C=O) groups excluding carboxylic acids is 1. The minimum absolute atomic E-state index is 0.110. The third-order valence-electron chi connectivity index (χ3n) is 5.95. The lowest BCUT2D eigenvalue weighted by molar-refractivity contribution is -0.116. The van der Waals surface area contributed by atoms with Crippen LogP contribution in [0.25, 0.3) is 0 Å². The van der Waals surface area contributed by atoms with Gasteiger partial charge in [-0.1, -0.05) is 25.7 Å². The van der Waals surface area contributed by atoms with Crippen LogP contribution in [0.3, 0.4) is 0 Å². The summed E-state index contributed by atoms with van der Waals surface area (Å²) in [5.74, 6) is 3.41. The second kappa shape index (κ2) is 9.25. The lowest BCUT2D eigenvalue weighted by Gasteiger charge is -2.18. The van der Waals surface area contributed by atoms with E-state index in [0.717, 1.165) is 54.3 Å². The zero-order valence-corrected chi connectivity index (χ0v) is 17.3. The van der Waals surface area contributed by atoms with Crippen molar-refractivity contribution in [3.05, 3.63) is 36.2 Å². The van der Waals surface area contributed by atoms with E-state index in [1.807, 2.05) is 37.3 Å². The number of hydrogen-bond acceptors (Lipinski definition) is 5. The SMILES string of the molecule is Cc1nc(Nc2ccc(NC(=O)CCC3CCCC3)cc2)cc(N2CCCC2)n1. The Hall–Kier alpha value is -2.63. The zero-order chi connectivity index (χ0) is 20.1. The summed E-state index contributed by atoms with van der Waals surface area (Å²) >= 11 is 0. The lowest BCUT2D eigenvalue weighted by Crippen LogP contribution is -2.19. The van der Waals surface area contributed by atoms with E-state index in [9.17, 15) is 4.79 Å². The van der Waals surface area contributed by atoms with Gasteiger partial charge in [-0.25, -0.2) is 9.97 Å². The first-order valence-corrected chi connectivity index (χ1v) is 10.9. The van der Waals surface area contributed by atoms with Crippen LogP contribution < -0.4 is 15.5 Å². The first kappa shape index (κ1) is 19.7. The van der Waals surface area contributed by atoms with E-state index in [-0.39, 0.29) is 5.91 Å². The van der Waals surface area contributed by atoms with Crippen LogP contribution in [0.2, 0.25) is 0 Å². The molecule has 1 saturated carbocycles. The summed E-state index contributed by atoms with van der Waals surface area (Å²) in [5.41, 5.74) is 1.78. The lowest BCUT2D eigenvalue weighted by atomic mass is 10.0. The highest BCUT2D eigenvalue weighted by atomic mass is 16.1. The molecule has 2 aromatic rings. The molecule has 6 heteroatoms. The highest BCUT2D eigenvalue weighted by molar-refractivity contribution is 5.90. The van der Waals surface area contributed by atoms with E-state index in [4.69, 9.17) is 0 Å². The average molecular weight is 394 g/mol. The molecule has 29 heavy (non-hydrogen) atoms. The van der Waals surface area contributed by atoms with E-state index < -0.39 is 0 Å². The summed E-state index contributed by atoms with van der Waals surface area (Å²) in [5, 5.41) is 6.37. The number of aromatic nitrogens is 2. The van der Waals surface area contributed by atoms with Crippen LogP contribution in [0, 0.1) is 12.8 Å². The number of nitrogens with zero attached hydrogens (tertiary/aromatic N) is 3. The first-order chi connectivity index (χ1) is 14.2. The van der Waals surface area contributed by atoms with Crippen molar-refractivity contribution in [3.63, 3.8) is 0 Å². The summed E-state index contributed by atoms with van der Waals surface area (Å²) < 4.78 is 0. The van der Waals surface area contributed by atoms with Gasteiger partial charge >= 0.3 is 0 Å². The Balaban J connectivity index is 1.32. The number of aryl methyl sites for hydroxylation is 1. The molecule has 2 N–H and O–H groups in total. The minimum Gasteiger partial charge on any atom is -0.356 e. The van der Waals surface area contributed by atoms with Gasteiger partial charge in [-0.2, -0.15) is 0 Å². The monoisotopic (exact) mass is 393 g/mol. The number of rotatable bonds is 7. The van der Waals surface area contributed by atoms with Gasteiger partial charge in [0.1, 0.15) is 17.5 Å². The van der Waals surface area contributed by atoms with Crippen molar-refractivity contribution in [1.29, 1.82) is 0 Å². The van der Waals surface area contributed by atoms with Crippen LogP contribution in [0.1, 0.15) is 57.2 Å². The molecule has 1 aromatic heterocycles. The fourth-order valence-corrected chi connectivity index (χ4v) is 4.37. The second-order valence-corrected chi connectivity index (χ2v) is 8.29. The molecule has 0 unspecified atom stereocenters. The van der Waals surface area contributed by atoms with E-state index in [0.29, 0.717) is 6.42 Å². The van der Waals surface area contributed by atoms with Crippen LogP contribution in [0.4, 0.5) is 23.0 Å². The van der Waals surface area contributed by atoms with E-state index in [1.165, 1.54) is 38.5 Å². The van der Waals surface area contributed by atoms with Crippen molar-refractivity contribution in [2.45, 2.75) is 58.3 Å². The largest absolute Gasteiger partial charge is 0.356 e. The molecule has 1 aromatic carbocycles. The smallest absolute Gasteiger partial charge is 0.224 e. The molecule has 2 heterocycles. The van der Waals surface area contributed by atoms with Crippen LogP contribution in [-0.2, 0) is 4.79 Å². The summed E-state index contributed by atoms with van der Waals surface area (Å²) in [6.45, 7) is 4.05. The highest BCUT2D eigenvalue weighted by Crippen LogP contribution is 2.29. The third-order valence-corrected chi connectivity index (χ3v) is 5.95. The quantitative estimate of drug-likeness (QED) is 0.690. The molecule has 0 bridgehead atoms. The number of amides is 1. The van der Waals surface area contributed by atoms with Gasteiger partial charge in [0.05, 0.1) is 0 Å².